The van der Waals surface area contributed by atoms with Crippen LogP contribution in [-0.4, -0.2) is 62.2 Å². The molecule has 4 heterocycles. The summed E-state index contributed by atoms with van der Waals surface area (Å²) in [5.74, 6) is 0.715. The van der Waals surface area contributed by atoms with Gasteiger partial charge in [0.25, 0.3) is 0 Å². The van der Waals surface area contributed by atoms with Gasteiger partial charge in [-0.05, 0) is 19.8 Å². The minimum atomic E-state index is -1.56. The Bertz CT molecular complexity index is 1260. The zero-order valence-electron chi connectivity index (χ0n) is 18.5. The van der Waals surface area contributed by atoms with Gasteiger partial charge in [-0.15, -0.1) is 0 Å². The number of anilines is 2. The summed E-state index contributed by atoms with van der Waals surface area (Å²) in [6.07, 6.45) is 0.676. The van der Waals surface area contributed by atoms with Crippen LogP contribution in [0.3, 0.4) is 0 Å². The lowest BCUT2D eigenvalue weighted by molar-refractivity contribution is 0.0604. The Hall–Kier alpha value is -3.76. The molecule has 1 aliphatic heterocycles. The number of ether oxygens (including phenoxy) is 3. The Morgan fingerprint density at radius 2 is 2.32 bits per heavy atom. The van der Waals surface area contributed by atoms with E-state index in [2.05, 4.69) is 36.9 Å². The van der Waals surface area contributed by atoms with Crippen LogP contribution in [0.1, 0.15) is 42.8 Å². The fraction of sp³-hybridized carbons (Fsp3) is 0.476. The smallest absolute Gasteiger partial charge is 0.408 e. The fourth-order valence-corrected chi connectivity index (χ4v) is 3.74. The maximum absolute atomic E-state index is 15.0. The van der Waals surface area contributed by atoms with Crippen LogP contribution in [0.15, 0.2) is 18.5 Å². The lowest BCUT2D eigenvalue weighted by atomic mass is 10.1. The molecule has 1 amide bonds. The summed E-state index contributed by atoms with van der Waals surface area (Å²) in [6.45, 7) is 2.12. The van der Waals surface area contributed by atoms with Gasteiger partial charge in [0, 0.05) is 24.9 Å². The SMILES string of the molecule is COCc1cn2c(Nc3cc([C@H]4OC[C@@H](OC(=O)NC5(C)CC5)[C@H]4F)[nH]n3)ncc(C#N)c2n1. The zero-order valence-corrected chi connectivity index (χ0v) is 18.5. The van der Waals surface area contributed by atoms with Gasteiger partial charge >= 0.3 is 6.09 Å². The zero-order chi connectivity index (χ0) is 23.9. The number of aromatic amines is 1. The molecule has 13 heteroatoms. The van der Waals surface area contributed by atoms with Crippen molar-refractivity contribution in [3.05, 3.63) is 35.4 Å². The minimum Gasteiger partial charge on any atom is -0.441 e. The van der Waals surface area contributed by atoms with Crippen LogP contribution < -0.4 is 10.6 Å². The highest BCUT2D eigenvalue weighted by molar-refractivity contribution is 5.69. The highest BCUT2D eigenvalue weighted by Crippen LogP contribution is 2.36. The van der Waals surface area contributed by atoms with Crippen molar-refractivity contribution in [2.45, 2.75) is 50.3 Å². The fourth-order valence-electron chi connectivity index (χ4n) is 3.74. The first-order valence-corrected chi connectivity index (χ1v) is 10.7. The number of halogens is 1. The van der Waals surface area contributed by atoms with E-state index < -0.39 is 24.5 Å². The molecule has 0 bridgehead atoms. The predicted octanol–water partition coefficient (Wildman–Crippen LogP) is 2.27. The number of carbonyl (C=O) groups excluding carboxylic acids is 1. The van der Waals surface area contributed by atoms with Gasteiger partial charge in [0.05, 0.1) is 30.8 Å². The molecule has 1 aliphatic carbocycles. The molecule has 3 aromatic rings. The van der Waals surface area contributed by atoms with E-state index in [9.17, 15) is 14.4 Å². The monoisotopic (exact) mass is 470 g/mol. The number of methoxy groups -OCH3 is 1. The molecule has 2 aliphatic rings. The number of imidazole rings is 1. The van der Waals surface area contributed by atoms with Crippen molar-refractivity contribution < 1.29 is 23.4 Å². The van der Waals surface area contributed by atoms with E-state index in [1.807, 2.05) is 6.92 Å². The van der Waals surface area contributed by atoms with Crippen LogP contribution in [-0.2, 0) is 20.8 Å². The van der Waals surface area contributed by atoms with E-state index in [0.717, 1.165) is 12.8 Å². The van der Waals surface area contributed by atoms with Gasteiger partial charge in [0.1, 0.15) is 17.7 Å². The minimum absolute atomic E-state index is 0.0626. The van der Waals surface area contributed by atoms with Gasteiger partial charge < -0.3 is 24.8 Å². The Morgan fingerprint density at radius 3 is 3.06 bits per heavy atom. The second-order valence-electron chi connectivity index (χ2n) is 8.63. The van der Waals surface area contributed by atoms with Crippen molar-refractivity contribution in [3.8, 4) is 6.07 Å². The maximum Gasteiger partial charge on any atom is 0.408 e. The number of nitrogens with zero attached hydrogens (tertiary/aromatic N) is 5. The number of amides is 1. The van der Waals surface area contributed by atoms with Gasteiger partial charge in [-0.3, -0.25) is 9.50 Å². The Kier molecular flexibility index (Phi) is 5.54. The van der Waals surface area contributed by atoms with Gasteiger partial charge in [0.2, 0.25) is 5.95 Å². The molecule has 3 atom stereocenters. The molecule has 0 spiro atoms. The second kappa shape index (κ2) is 8.54. The average molecular weight is 470 g/mol. The molecule has 0 radical (unpaired) electrons. The van der Waals surface area contributed by atoms with E-state index in [0.29, 0.717) is 34.4 Å². The lowest BCUT2D eigenvalue weighted by Gasteiger charge is -2.17. The van der Waals surface area contributed by atoms with E-state index in [-0.39, 0.29) is 18.8 Å². The summed E-state index contributed by atoms with van der Waals surface area (Å²) >= 11 is 0. The van der Waals surface area contributed by atoms with Crippen LogP contribution in [0, 0.1) is 11.3 Å². The Morgan fingerprint density at radius 1 is 1.50 bits per heavy atom. The van der Waals surface area contributed by atoms with Crippen molar-refractivity contribution >= 4 is 23.5 Å². The highest BCUT2D eigenvalue weighted by atomic mass is 19.1. The van der Waals surface area contributed by atoms with Crippen LogP contribution in [0.5, 0.6) is 0 Å². The summed E-state index contributed by atoms with van der Waals surface area (Å²) in [5, 5.41) is 22.0. The summed E-state index contributed by atoms with van der Waals surface area (Å²) < 4.78 is 32.5. The maximum atomic E-state index is 15.0. The molecule has 1 saturated heterocycles. The number of fused-ring (bicyclic) bond motifs is 1. The third kappa shape index (κ3) is 4.25. The number of alkyl halides is 1. The van der Waals surface area contributed by atoms with Gasteiger partial charge in [0.15, 0.2) is 23.7 Å². The third-order valence-corrected chi connectivity index (χ3v) is 5.84. The summed E-state index contributed by atoms with van der Waals surface area (Å²) in [4.78, 5) is 20.7. The van der Waals surface area contributed by atoms with E-state index in [1.165, 1.54) is 6.20 Å². The molecule has 0 unspecified atom stereocenters. The molecule has 0 aromatic carbocycles. The van der Waals surface area contributed by atoms with E-state index in [1.54, 1.807) is 23.8 Å². The standard InChI is InChI=1S/C21H23FN8O4/c1-21(3-4-21)27-20(31)34-14-10-33-17(16(14)22)13-5-15(29-28-13)26-19-24-7-11(6-23)18-25-12(9-32-2)8-30(18)19/h5,7-8,14,16-17H,3-4,9-10H2,1-2H3,(H,27,31)(H2,24,26,28,29)/t14-,16-,17-/m1/s1. The molecule has 2 fully saturated rings. The number of carbonyl (C=O) groups is 1. The number of aromatic nitrogens is 5. The number of hydrogen-bond donors (Lipinski definition) is 3. The third-order valence-electron chi connectivity index (χ3n) is 5.84. The summed E-state index contributed by atoms with van der Waals surface area (Å²) in [6, 6.07) is 3.65. The summed E-state index contributed by atoms with van der Waals surface area (Å²) in [5.41, 5.74) is 1.48. The van der Waals surface area contributed by atoms with E-state index >= 15 is 0 Å². The molecule has 12 nitrogen and oxygen atoms in total. The van der Waals surface area contributed by atoms with Crippen LogP contribution in [0.2, 0.25) is 0 Å². The molecule has 34 heavy (non-hydrogen) atoms. The number of H-pyrrole nitrogens is 1. The average Bonchev–Trinajstić information content (AvgIpc) is 3.16. The number of rotatable bonds is 7. The molecular formula is C21H23FN8O4. The topological polar surface area (TPSA) is 151 Å². The molecule has 3 N–H and O–H groups in total. The van der Waals surface area contributed by atoms with Crippen molar-refractivity contribution in [1.29, 1.82) is 5.26 Å². The number of nitrogens with one attached hydrogen (secondary N) is 3. The first-order valence-electron chi connectivity index (χ1n) is 10.7. The normalized spacial score (nSPS) is 22.9. The number of alkyl carbamates (subject to hydrolysis) is 1. The quantitative estimate of drug-likeness (QED) is 0.472. The van der Waals surface area contributed by atoms with E-state index in [4.69, 9.17) is 14.2 Å². The van der Waals surface area contributed by atoms with Crippen LogP contribution >= 0.6 is 0 Å². The molecule has 5 rings (SSSR count). The van der Waals surface area contributed by atoms with Gasteiger partial charge in [-0.1, -0.05) is 0 Å². The first-order chi connectivity index (χ1) is 16.4. The van der Waals surface area contributed by atoms with Crippen molar-refractivity contribution in [2.24, 2.45) is 0 Å². The molecular weight excluding hydrogens is 447 g/mol. The number of nitriles is 1. The second-order valence-corrected chi connectivity index (χ2v) is 8.63. The van der Waals surface area contributed by atoms with Crippen LogP contribution in [0.25, 0.3) is 5.65 Å². The summed E-state index contributed by atoms with van der Waals surface area (Å²) in [7, 11) is 1.55. The first kappa shape index (κ1) is 22.1. The lowest BCUT2D eigenvalue weighted by Crippen LogP contribution is -2.39. The molecule has 3 aromatic heterocycles. The Labute approximate surface area is 193 Å². The molecule has 1 saturated carbocycles. The largest absolute Gasteiger partial charge is 0.441 e. The van der Waals surface area contributed by atoms with Gasteiger partial charge in [-0.2, -0.15) is 10.4 Å². The van der Waals surface area contributed by atoms with Crippen molar-refractivity contribution in [2.75, 3.05) is 19.0 Å². The van der Waals surface area contributed by atoms with Crippen molar-refractivity contribution in [1.82, 2.24) is 29.9 Å². The predicted molar refractivity (Wildman–Crippen MR) is 115 cm³/mol. The number of hydrogen-bond acceptors (Lipinski definition) is 9. The molecule has 178 valence electrons. The highest BCUT2D eigenvalue weighted by Gasteiger charge is 2.44. The van der Waals surface area contributed by atoms with Gasteiger partial charge in [-0.25, -0.2) is 19.2 Å². The van der Waals surface area contributed by atoms with Crippen LogP contribution in [0.4, 0.5) is 21.0 Å². The van der Waals surface area contributed by atoms with Crippen molar-refractivity contribution in [3.63, 3.8) is 0 Å². The Balaban J connectivity index is 1.29.